The van der Waals surface area contributed by atoms with E-state index in [9.17, 15) is 9.18 Å². The number of nitrogens with zero attached hydrogens (tertiary/aromatic N) is 3. The predicted octanol–water partition coefficient (Wildman–Crippen LogP) is 2.49. The van der Waals surface area contributed by atoms with Crippen molar-refractivity contribution in [1.82, 2.24) is 20.5 Å². The highest BCUT2D eigenvalue weighted by atomic mass is 35.5. The highest BCUT2D eigenvalue weighted by Gasteiger charge is 2.16. The van der Waals surface area contributed by atoms with Crippen LogP contribution in [0, 0.1) is 5.95 Å². The second-order valence-electron chi connectivity index (χ2n) is 3.69. The maximum absolute atomic E-state index is 13.4. The van der Waals surface area contributed by atoms with Crippen LogP contribution in [0.2, 0.25) is 5.15 Å². The number of aromatic nitrogens is 3. The first kappa shape index (κ1) is 11.7. The van der Waals surface area contributed by atoms with Gasteiger partial charge in [0.25, 0.3) is 5.91 Å². The molecule has 9 heteroatoms. The normalized spacial score (nSPS) is 13.0. The third-order valence-electron chi connectivity index (χ3n) is 2.39. The van der Waals surface area contributed by atoms with Gasteiger partial charge in [-0.3, -0.25) is 4.79 Å². The lowest BCUT2D eigenvalue weighted by Gasteiger charge is -2.12. The van der Waals surface area contributed by atoms with Gasteiger partial charge in [-0.1, -0.05) is 11.6 Å². The Labute approximate surface area is 133 Å². The molecule has 6 nitrogen and oxygen atoms in total. The Bertz CT molecular complexity index is 777. The number of amides is 1. The number of hydrogen-bond donors (Lipinski definition) is 2. The summed E-state index contributed by atoms with van der Waals surface area (Å²) in [4.78, 5) is 16.4. The van der Waals surface area contributed by atoms with E-state index >= 15 is 0 Å². The average Bonchev–Trinajstić information content (AvgIpc) is 2.45. The highest BCUT2D eigenvalue weighted by molar-refractivity contribution is 7.98. The molecule has 0 aliphatic carbocycles. The van der Waals surface area contributed by atoms with Gasteiger partial charge in [0.1, 0.15) is 5.82 Å². The molecule has 2 aromatic rings. The summed E-state index contributed by atoms with van der Waals surface area (Å²) >= 11 is 7.07. The van der Waals surface area contributed by atoms with Crippen molar-refractivity contribution in [3.63, 3.8) is 0 Å². The molecule has 0 aromatic carbocycles. The van der Waals surface area contributed by atoms with Crippen molar-refractivity contribution < 1.29 is 13.3 Å². The Morgan fingerprint density at radius 1 is 1.48 bits per heavy atom. The van der Waals surface area contributed by atoms with Gasteiger partial charge in [0.2, 0.25) is 5.95 Å². The Morgan fingerprint density at radius 3 is 3.00 bits per heavy atom. The molecular weight excluding hydrogens is 317 g/mol. The molecule has 0 radical (unpaired) electrons. The van der Waals surface area contributed by atoms with E-state index in [2.05, 4.69) is 20.5 Å². The van der Waals surface area contributed by atoms with Crippen LogP contribution >= 0.6 is 23.4 Å². The van der Waals surface area contributed by atoms with Gasteiger partial charge in [0.15, 0.2) is 10.8 Å². The topological polar surface area (TPSA) is 79.8 Å². The first-order valence-electron chi connectivity index (χ1n) is 7.03. The van der Waals surface area contributed by atoms with Crippen LogP contribution in [0.4, 0.5) is 15.9 Å². The minimum Gasteiger partial charge on any atom is -0.354 e. The first-order chi connectivity index (χ1) is 11.2. The van der Waals surface area contributed by atoms with Gasteiger partial charge in [-0.2, -0.15) is 4.39 Å². The molecule has 110 valence electrons. The summed E-state index contributed by atoms with van der Waals surface area (Å²) in [5.41, 5.74) is -0.265. The smallest absolute Gasteiger partial charge is 0.273 e. The molecule has 2 heterocycles. The fourth-order valence-corrected chi connectivity index (χ4v) is 2.14. The zero-order valence-corrected chi connectivity index (χ0v) is 12.2. The Balaban J connectivity index is 2.42. The van der Waals surface area contributed by atoms with Crippen molar-refractivity contribution in [3.8, 4) is 0 Å². The zero-order valence-electron chi connectivity index (χ0n) is 13.6. The fourth-order valence-electron chi connectivity index (χ4n) is 1.49. The van der Waals surface area contributed by atoms with Gasteiger partial charge in [-0.05, 0) is 18.4 Å². The third-order valence-corrected chi connectivity index (χ3v) is 3.34. The Kier molecular flexibility index (Phi) is 3.72. The monoisotopic (exact) mass is 330 g/mol. The van der Waals surface area contributed by atoms with E-state index in [-0.39, 0.29) is 22.4 Å². The highest BCUT2D eigenvalue weighted by Crippen LogP contribution is 2.28. The lowest BCUT2D eigenvalue weighted by atomic mass is 10.3. The molecule has 1 amide bonds. The van der Waals surface area contributed by atoms with E-state index in [0.29, 0.717) is 4.90 Å². The van der Waals surface area contributed by atoms with Gasteiger partial charge < -0.3 is 10.6 Å². The summed E-state index contributed by atoms with van der Waals surface area (Å²) in [6, 6.07) is 3.96. The molecule has 2 N–H and O–H groups in total. The molecule has 0 aliphatic heterocycles. The van der Waals surface area contributed by atoms with Crippen molar-refractivity contribution in [2.24, 2.45) is 0 Å². The molecule has 0 saturated carbocycles. The molecule has 2 aromatic heterocycles. The molecule has 0 aliphatic rings. The van der Waals surface area contributed by atoms with Gasteiger partial charge in [0.05, 0.1) is 10.6 Å². The van der Waals surface area contributed by atoms with E-state index in [1.807, 2.05) is 0 Å². The van der Waals surface area contributed by atoms with E-state index in [1.165, 1.54) is 30.0 Å². The van der Waals surface area contributed by atoms with Crippen LogP contribution in [0.15, 0.2) is 23.1 Å². The van der Waals surface area contributed by atoms with Crippen molar-refractivity contribution >= 4 is 40.8 Å². The molecule has 0 atom stereocenters. The van der Waals surface area contributed by atoms with Crippen molar-refractivity contribution in [3.05, 3.63) is 35.0 Å². The van der Waals surface area contributed by atoms with Gasteiger partial charge in [-0.25, -0.2) is 4.98 Å². The summed E-state index contributed by atoms with van der Waals surface area (Å²) in [5, 5.41) is 11.6. The zero-order chi connectivity index (χ0) is 17.9. The SMILES string of the molecule is [2H]C([2H])([2H])NC(=O)c1nnc(Cl)cc1Nc1nc(F)ccc1SC. The summed E-state index contributed by atoms with van der Waals surface area (Å²) < 4.78 is 34.6. The van der Waals surface area contributed by atoms with Gasteiger partial charge >= 0.3 is 0 Å². The summed E-state index contributed by atoms with van der Waals surface area (Å²) in [6.07, 6.45) is 1.76. The minimum absolute atomic E-state index is 0.0370. The number of halogens is 2. The molecular formula is C12H11ClFN5OS. The number of anilines is 2. The van der Waals surface area contributed by atoms with E-state index < -0.39 is 18.8 Å². The molecule has 0 spiro atoms. The Morgan fingerprint density at radius 2 is 2.29 bits per heavy atom. The predicted molar refractivity (Wildman–Crippen MR) is 79.7 cm³/mol. The van der Waals surface area contributed by atoms with Crippen molar-refractivity contribution in [2.75, 3.05) is 18.5 Å². The maximum Gasteiger partial charge on any atom is 0.273 e. The number of thioether (sulfide) groups is 1. The number of pyridine rings is 1. The molecule has 0 fully saturated rings. The molecule has 0 unspecified atom stereocenters. The average molecular weight is 331 g/mol. The lowest BCUT2D eigenvalue weighted by Crippen LogP contribution is -2.21. The van der Waals surface area contributed by atoms with E-state index in [1.54, 1.807) is 11.6 Å². The van der Waals surface area contributed by atoms with Crippen LogP contribution < -0.4 is 10.6 Å². The summed E-state index contributed by atoms with van der Waals surface area (Å²) in [5.74, 6) is -1.57. The van der Waals surface area contributed by atoms with Crippen LogP contribution in [0.3, 0.4) is 0 Å². The van der Waals surface area contributed by atoms with Crippen LogP contribution in [-0.4, -0.2) is 34.3 Å². The minimum atomic E-state index is -2.70. The molecule has 0 bridgehead atoms. The third kappa shape index (κ3) is 3.59. The second kappa shape index (κ2) is 6.68. The maximum atomic E-state index is 13.4. The van der Waals surface area contributed by atoms with Crippen LogP contribution in [0.5, 0.6) is 0 Å². The lowest BCUT2D eigenvalue weighted by molar-refractivity contribution is 0.0958. The van der Waals surface area contributed by atoms with Crippen LogP contribution in [0.1, 0.15) is 14.6 Å². The van der Waals surface area contributed by atoms with Gasteiger partial charge in [-0.15, -0.1) is 22.0 Å². The van der Waals surface area contributed by atoms with Crippen LogP contribution in [0.25, 0.3) is 0 Å². The van der Waals surface area contributed by atoms with Gasteiger partial charge in [0, 0.05) is 17.2 Å². The Hall–Kier alpha value is -1.93. The quantitative estimate of drug-likeness (QED) is 0.662. The van der Waals surface area contributed by atoms with Crippen LogP contribution in [-0.2, 0) is 0 Å². The van der Waals surface area contributed by atoms with E-state index in [4.69, 9.17) is 15.7 Å². The molecule has 2 rings (SSSR count). The largest absolute Gasteiger partial charge is 0.354 e. The van der Waals surface area contributed by atoms with E-state index in [0.717, 1.165) is 0 Å². The first-order valence-corrected chi connectivity index (χ1v) is 7.13. The number of rotatable bonds is 4. The standard InChI is InChI=1S/C12H11ClFN5OS/c1-15-12(20)10-6(5-8(13)18-19-10)16-11-7(21-2)3-4-9(14)17-11/h3-5H,1-2H3,(H,15,20)(H,16,17,18)/i1D3. The number of hydrogen-bond acceptors (Lipinski definition) is 6. The summed E-state index contributed by atoms with van der Waals surface area (Å²) in [7, 11) is 0. The fraction of sp³-hybridized carbons (Fsp3) is 0.167. The molecule has 21 heavy (non-hydrogen) atoms. The second-order valence-corrected chi connectivity index (χ2v) is 4.93. The molecule has 0 saturated heterocycles. The number of carbonyl (C=O) groups excluding carboxylic acids is 1. The van der Waals surface area contributed by atoms with Crippen molar-refractivity contribution in [2.45, 2.75) is 4.90 Å². The van der Waals surface area contributed by atoms with Crippen molar-refractivity contribution in [1.29, 1.82) is 0 Å². The number of nitrogens with one attached hydrogen (secondary N) is 2. The summed E-state index contributed by atoms with van der Waals surface area (Å²) in [6.45, 7) is -2.70. The number of carbonyl (C=O) groups is 1.